The molecule has 1 spiro atoms. The zero-order valence-electron chi connectivity index (χ0n) is 14.9. The van der Waals surface area contributed by atoms with Gasteiger partial charge in [-0.05, 0) is 37.2 Å². The predicted molar refractivity (Wildman–Crippen MR) is 92.7 cm³/mol. The molecule has 0 unspecified atom stereocenters. The Balaban J connectivity index is 1.61. The Hall–Kier alpha value is -1.89. The van der Waals surface area contributed by atoms with E-state index in [1.54, 1.807) is 15.8 Å². The summed E-state index contributed by atoms with van der Waals surface area (Å²) in [5.41, 5.74) is 0.104. The molecule has 138 valence electrons. The van der Waals surface area contributed by atoms with E-state index in [0.29, 0.717) is 19.5 Å². The molecular formula is C18H28N4O3. The number of piperidine rings is 2. The van der Waals surface area contributed by atoms with Gasteiger partial charge < -0.3 is 14.9 Å². The molecule has 1 N–H and O–H groups in total. The van der Waals surface area contributed by atoms with Crippen LogP contribution in [0.3, 0.4) is 0 Å². The molecule has 7 nitrogen and oxygen atoms in total. The Bertz CT molecular complexity index is 593. The van der Waals surface area contributed by atoms with Crippen LogP contribution in [0, 0.1) is 5.41 Å². The van der Waals surface area contributed by atoms with Crippen molar-refractivity contribution in [1.82, 2.24) is 19.6 Å². The number of carbonyl (C=O) groups excluding carboxylic acids is 2. The molecule has 3 heterocycles. The molecule has 25 heavy (non-hydrogen) atoms. The lowest BCUT2D eigenvalue weighted by Gasteiger charge is -2.47. The summed E-state index contributed by atoms with van der Waals surface area (Å²) >= 11 is 0. The number of amides is 2. The molecule has 0 bridgehead atoms. The first-order chi connectivity index (χ1) is 12.1. The van der Waals surface area contributed by atoms with Crippen LogP contribution in [0.1, 0.15) is 45.1 Å². The van der Waals surface area contributed by atoms with Gasteiger partial charge in [-0.1, -0.05) is 6.92 Å². The van der Waals surface area contributed by atoms with Crippen LogP contribution in [0.4, 0.5) is 0 Å². The SMILES string of the molecule is CC[C@@H](C(=O)N1CCC2(CCC(=O)N(CCO)C2)CC1)n1cccn1. The Kier molecular flexibility index (Phi) is 5.42. The van der Waals surface area contributed by atoms with Crippen molar-refractivity contribution in [2.24, 2.45) is 5.41 Å². The number of hydrogen-bond donors (Lipinski definition) is 1. The third kappa shape index (κ3) is 3.71. The summed E-state index contributed by atoms with van der Waals surface area (Å²) in [6.45, 7) is 4.62. The smallest absolute Gasteiger partial charge is 0.247 e. The topological polar surface area (TPSA) is 78.7 Å². The van der Waals surface area contributed by atoms with E-state index in [1.165, 1.54) is 0 Å². The van der Waals surface area contributed by atoms with Gasteiger partial charge in [-0.25, -0.2) is 0 Å². The van der Waals surface area contributed by atoms with E-state index < -0.39 is 0 Å². The Labute approximate surface area is 148 Å². The van der Waals surface area contributed by atoms with Crippen LogP contribution in [0.15, 0.2) is 18.5 Å². The average molecular weight is 348 g/mol. The van der Waals surface area contributed by atoms with Gasteiger partial charge in [0.1, 0.15) is 6.04 Å². The van der Waals surface area contributed by atoms with E-state index in [0.717, 1.165) is 38.8 Å². The van der Waals surface area contributed by atoms with Crippen molar-refractivity contribution in [1.29, 1.82) is 0 Å². The predicted octanol–water partition coefficient (Wildman–Crippen LogP) is 1.06. The summed E-state index contributed by atoms with van der Waals surface area (Å²) < 4.78 is 1.75. The molecule has 2 aliphatic heterocycles. The minimum Gasteiger partial charge on any atom is -0.395 e. The highest BCUT2D eigenvalue weighted by atomic mass is 16.3. The molecule has 2 amide bonds. The summed E-state index contributed by atoms with van der Waals surface area (Å²) in [4.78, 5) is 28.6. The molecule has 3 rings (SSSR count). The van der Waals surface area contributed by atoms with Crippen LogP contribution < -0.4 is 0 Å². The highest BCUT2D eigenvalue weighted by Gasteiger charge is 2.42. The summed E-state index contributed by atoms with van der Waals surface area (Å²) in [6.07, 6.45) is 7.56. The number of aliphatic hydroxyl groups excluding tert-OH is 1. The summed E-state index contributed by atoms with van der Waals surface area (Å²) in [5.74, 6) is 0.281. The second-order valence-corrected chi connectivity index (χ2v) is 7.27. The zero-order chi connectivity index (χ0) is 17.9. The van der Waals surface area contributed by atoms with Crippen molar-refractivity contribution < 1.29 is 14.7 Å². The largest absolute Gasteiger partial charge is 0.395 e. The highest BCUT2D eigenvalue weighted by molar-refractivity contribution is 5.80. The summed E-state index contributed by atoms with van der Waals surface area (Å²) in [7, 11) is 0. The second-order valence-electron chi connectivity index (χ2n) is 7.27. The van der Waals surface area contributed by atoms with Gasteiger partial charge >= 0.3 is 0 Å². The minimum atomic E-state index is -0.233. The fourth-order valence-corrected chi connectivity index (χ4v) is 4.19. The third-order valence-corrected chi connectivity index (χ3v) is 5.77. The van der Waals surface area contributed by atoms with E-state index >= 15 is 0 Å². The quantitative estimate of drug-likeness (QED) is 0.863. The van der Waals surface area contributed by atoms with Crippen molar-refractivity contribution in [3.8, 4) is 0 Å². The number of aliphatic hydroxyl groups is 1. The van der Waals surface area contributed by atoms with Crippen LogP contribution >= 0.6 is 0 Å². The fraction of sp³-hybridized carbons (Fsp3) is 0.722. The zero-order valence-corrected chi connectivity index (χ0v) is 14.9. The van der Waals surface area contributed by atoms with Gasteiger partial charge in [0.05, 0.1) is 6.61 Å². The number of likely N-dealkylation sites (tertiary alicyclic amines) is 2. The van der Waals surface area contributed by atoms with Crippen molar-refractivity contribution in [3.63, 3.8) is 0 Å². The molecule has 0 radical (unpaired) electrons. The van der Waals surface area contributed by atoms with Crippen molar-refractivity contribution >= 4 is 11.8 Å². The number of nitrogens with zero attached hydrogens (tertiary/aromatic N) is 4. The van der Waals surface area contributed by atoms with Gasteiger partial charge in [-0.15, -0.1) is 0 Å². The highest BCUT2D eigenvalue weighted by Crippen LogP contribution is 2.40. The molecule has 2 fully saturated rings. The van der Waals surface area contributed by atoms with Gasteiger partial charge in [0.2, 0.25) is 11.8 Å². The normalized spacial score (nSPS) is 21.6. The molecule has 7 heteroatoms. The molecule has 1 aromatic rings. The van der Waals surface area contributed by atoms with Crippen molar-refractivity contribution in [2.45, 2.75) is 45.1 Å². The van der Waals surface area contributed by atoms with Crippen molar-refractivity contribution in [2.75, 3.05) is 32.8 Å². The third-order valence-electron chi connectivity index (χ3n) is 5.77. The van der Waals surface area contributed by atoms with Gasteiger partial charge in [0.25, 0.3) is 0 Å². The average Bonchev–Trinajstić information content (AvgIpc) is 3.14. The van der Waals surface area contributed by atoms with Crippen LogP contribution in [0.25, 0.3) is 0 Å². The van der Waals surface area contributed by atoms with E-state index in [2.05, 4.69) is 5.10 Å². The van der Waals surface area contributed by atoms with E-state index in [-0.39, 0.29) is 29.9 Å². The molecule has 1 aromatic heterocycles. The van der Waals surface area contributed by atoms with Crippen molar-refractivity contribution in [3.05, 3.63) is 18.5 Å². The monoisotopic (exact) mass is 348 g/mol. The van der Waals surface area contributed by atoms with Gasteiger partial charge in [0.15, 0.2) is 0 Å². The van der Waals surface area contributed by atoms with E-state index in [4.69, 9.17) is 5.11 Å². The van der Waals surface area contributed by atoms with Crippen LogP contribution in [-0.2, 0) is 9.59 Å². The molecular weight excluding hydrogens is 320 g/mol. The molecule has 0 aromatic carbocycles. The number of rotatable bonds is 5. The lowest BCUT2D eigenvalue weighted by Crippen LogP contribution is -2.53. The van der Waals surface area contributed by atoms with E-state index in [9.17, 15) is 9.59 Å². The van der Waals surface area contributed by atoms with Gasteiger partial charge in [-0.3, -0.25) is 14.3 Å². The molecule has 1 atom stereocenters. The number of β-amino-alcohol motifs (C(OH)–C–C–N with tert-alkyl or cyclic N) is 1. The minimum absolute atomic E-state index is 0.00841. The maximum Gasteiger partial charge on any atom is 0.247 e. The second kappa shape index (κ2) is 7.56. The van der Waals surface area contributed by atoms with E-state index in [1.807, 2.05) is 24.1 Å². The Morgan fingerprint density at radius 1 is 1.36 bits per heavy atom. The molecule has 2 aliphatic rings. The lowest BCUT2D eigenvalue weighted by molar-refractivity contribution is -0.144. The first kappa shape index (κ1) is 17.9. The van der Waals surface area contributed by atoms with Gasteiger partial charge in [-0.2, -0.15) is 5.10 Å². The lowest BCUT2D eigenvalue weighted by atomic mass is 9.72. The maximum absolute atomic E-state index is 12.9. The number of hydrogen-bond acceptors (Lipinski definition) is 4. The van der Waals surface area contributed by atoms with Crippen LogP contribution in [0.2, 0.25) is 0 Å². The standard InChI is InChI=1S/C18H28N4O3/c1-2-15(22-9-3-8-19-22)17(25)20-10-6-18(7-11-20)5-4-16(24)21(14-18)12-13-23/h3,8-9,15,23H,2,4-7,10-14H2,1H3/t15-/m0/s1. The number of aromatic nitrogens is 2. The van der Waals surface area contributed by atoms with Gasteiger partial charge in [0, 0.05) is 45.0 Å². The Morgan fingerprint density at radius 3 is 2.72 bits per heavy atom. The van der Waals surface area contributed by atoms with Crippen LogP contribution in [-0.4, -0.2) is 69.3 Å². The maximum atomic E-state index is 12.9. The number of carbonyl (C=O) groups is 2. The first-order valence-electron chi connectivity index (χ1n) is 9.25. The fourth-order valence-electron chi connectivity index (χ4n) is 4.19. The summed E-state index contributed by atoms with van der Waals surface area (Å²) in [6, 6.07) is 1.61. The van der Waals surface area contributed by atoms with Crippen LogP contribution in [0.5, 0.6) is 0 Å². The molecule has 0 aliphatic carbocycles. The summed E-state index contributed by atoms with van der Waals surface area (Å²) in [5, 5.41) is 13.4. The Morgan fingerprint density at radius 2 is 2.12 bits per heavy atom. The molecule has 0 saturated carbocycles. The molecule has 2 saturated heterocycles. The first-order valence-corrected chi connectivity index (χ1v) is 9.25.